The lowest BCUT2D eigenvalue weighted by Gasteiger charge is -2.40. The van der Waals surface area contributed by atoms with E-state index in [0.29, 0.717) is 17.2 Å². The number of pyridine rings is 2. The molecule has 0 atom stereocenters. The van der Waals surface area contributed by atoms with Crippen molar-refractivity contribution >= 4 is 17.4 Å². The van der Waals surface area contributed by atoms with Crippen LogP contribution in [0, 0.1) is 19.3 Å². The SMILES string of the molecule is Cc1cnc2c(c1)CC1(CCN(c3nc(C)c(-c4ccnc(C(F)(F)F)c4Cl)nc3CO)CC1)C2. The molecule has 2 aliphatic rings. The quantitative estimate of drug-likeness (QED) is 0.536. The monoisotopic (exact) mass is 503 g/mol. The standard InChI is InChI=1S/C25H25ClF3N5O/c1-14-9-16-10-24(11-18(16)31-12-14)4-7-34(8-5-24)23-19(13-35)33-21(15(2)32-23)17-3-6-30-22(20(17)26)25(27,28)29/h3,6,9,12,35H,4-5,7-8,10-11,13H2,1-2H3. The summed E-state index contributed by atoms with van der Waals surface area (Å²) in [5, 5.41) is 9.52. The average molecular weight is 504 g/mol. The Hall–Kier alpha value is -2.78. The van der Waals surface area contributed by atoms with Crippen molar-refractivity contribution in [2.24, 2.45) is 5.41 Å². The third-order valence-electron chi connectivity index (χ3n) is 7.11. The summed E-state index contributed by atoms with van der Waals surface area (Å²) in [4.78, 5) is 19.3. The van der Waals surface area contributed by atoms with Crippen LogP contribution in [0.15, 0.2) is 24.5 Å². The second-order valence-electron chi connectivity index (χ2n) is 9.56. The van der Waals surface area contributed by atoms with Crippen LogP contribution in [-0.2, 0) is 25.6 Å². The van der Waals surface area contributed by atoms with E-state index in [1.54, 1.807) is 6.92 Å². The normalized spacial score (nSPS) is 17.2. The Labute approximate surface area is 206 Å². The van der Waals surface area contributed by atoms with Crippen molar-refractivity contribution < 1.29 is 18.3 Å². The smallest absolute Gasteiger partial charge is 0.390 e. The van der Waals surface area contributed by atoms with Crippen molar-refractivity contribution in [3.63, 3.8) is 0 Å². The Balaban J connectivity index is 1.41. The number of rotatable bonds is 3. The van der Waals surface area contributed by atoms with Crippen molar-refractivity contribution in [2.75, 3.05) is 18.0 Å². The molecule has 3 aromatic rings. The van der Waals surface area contributed by atoms with E-state index in [-0.39, 0.29) is 23.3 Å². The van der Waals surface area contributed by atoms with Crippen molar-refractivity contribution in [3.05, 3.63) is 63.5 Å². The number of piperidine rings is 1. The van der Waals surface area contributed by atoms with Crippen LogP contribution in [0.25, 0.3) is 11.3 Å². The molecule has 0 aromatic carbocycles. The zero-order valence-electron chi connectivity index (χ0n) is 19.5. The molecular weight excluding hydrogens is 479 g/mol. The van der Waals surface area contributed by atoms with E-state index in [4.69, 9.17) is 11.6 Å². The summed E-state index contributed by atoms with van der Waals surface area (Å²) < 4.78 is 39.9. The maximum atomic E-state index is 13.3. The number of hydrogen-bond acceptors (Lipinski definition) is 6. The van der Waals surface area contributed by atoms with Gasteiger partial charge in [-0.2, -0.15) is 13.2 Å². The molecule has 0 unspecified atom stereocenters. The number of anilines is 1. The first-order chi connectivity index (χ1) is 16.6. The lowest BCUT2D eigenvalue weighted by Crippen LogP contribution is -2.41. The van der Waals surface area contributed by atoms with Crippen LogP contribution < -0.4 is 4.90 Å². The molecule has 0 bridgehead atoms. The molecule has 4 heterocycles. The topological polar surface area (TPSA) is 75.0 Å². The minimum Gasteiger partial charge on any atom is -0.390 e. The summed E-state index contributed by atoms with van der Waals surface area (Å²) >= 11 is 6.07. The van der Waals surface area contributed by atoms with Crippen LogP contribution in [0.1, 0.15) is 46.7 Å². The molecule has 0 radical (unpaired) electrons. The molecule has 0 saturated carbocycles. The van der Waals surface area contributed by atoms with Gasteiger partial charge in [-0.1, -0.05) is 17.7 Å². The molecule has 35 heavy (non-hydrogen) atoms. The predicted octanol–water partition coefficient (Wildman–Crippen LogP) is 5.10. The molecule has 10 heteroatoms. The third-order valence-corrected chi connectivity index (χ3v) is 7.49. The number of halogens is 4. The highest BCUT2D eigenvalue weighted by atomic mass is 35.5. The molecular formula is C25H25ClF3N5O. The van der Waals surface area contributed by atoms with E-state index in [2.05, 4.69) is 37.8 Å². The Kier molecular flexibility index (Phi) is 5.96. The molecule has 184 valence electrons. The number of hydrogen-bond donors (Lipinski definition) is 1. The number of aryl methyl sites for hydroxylation is 2. The third kappa shape index (κ3) is 4.36. The fourth-order valence-corrected chi connectivity index (χ4v) is 5.63. The van der Waals surface area contributed by atoms with Crippen molar-refractivity contribution in [3.8, 4) is 11.3 Å². The first kappa shape index (κ1) is 23.9. The number of aliphatic hydroxyl groups excluding tert-OH is 1. The highest BCUT2D eigenvalue weighted by Gasteiger charge is 2.41. The number of alkyl halides is 3. The van der Waals surface area contributed by atoms with Crippen LogP contribution >= 0.6 is 11.6 Å². The number of aliphatic hydroxyl groups is 1. The second-order valence-corrected chi connectivity index (χ2v) is 9.94. The minimum atomic E-state index is -4.69. The van der Waals surface area contributed by atoms with Gasteiger partial charge in [-0.15, -0.1) is 0 Å². The Bertz CT molecular complexity index is 1290. The van der Waals surface area contributed by atoms with Crippen LogP contribution in [-0.4, -0.2) is 38.1 Å². The Morgan fingerprint density at radius 3 is 2.54 bits per heavy atom. The van der Waals surface area contributed by atoms with Crippen molar-refractivity contribution in [1.82, 2.24) is 19.9 Å². The minimum absolute atomic E-state index is 0.0874. The molecule has 1 N–H and O–H groups in total. The van der Waals surface area contributed by atoms with Crippen molar-refractivity contribution in [2.45, 2.75) is 52.3 Å². The van der Waals surface area contributed by atoms with Gasteiger partial charge in [0.05, 0.1) is 23.0 Å². The number of fused-ring (bicyclic) bond motifs is 1. The molecule has 5 rings (SSSR count). The Morgan fingerprint density at radius 2 is 1.86 bits per heavy atom. The summed E-state index contributed by atoms with van der Waals surface area (Å²) in [6, 6.07) is 3.61. The van der Waals surface area contributed by atoms with Crippen LogP contribution in [0.3, 0.4) is 0 Å². The second kappa shape index (κ2) is 8.71. The van der Waals surface area contributed by atoms with E-state index >= 15 is 0 Å². The van der Waals surface area contributed by atoms with Gasteiger partial charge in [-0.3, -0.25) is 9.97 Å². The molecule has 1 fully saturated rings. The van der Waals surface area contributed by atoms with Gasteiger partial charge in [0.2, 0.25) is 0 Å². The molecule has 6 nitrogen and oxygen atoms in total. The van der Waals surface area contributed by atoms with Gasteiger partial charge in [-0.05, 0) is 62.1 Å². The number of aromatic nitrogens is 4. The van der Waals surface area contributed by atoms with E-state index in [1.165, 1.54) is 22.9 Å². The van der Waals surface area contributed by atoms with Crippen LogP contribution in [0.4, 0.5) is 19.0 Å². The average Bonchev–Trinajstić information content (AvgIpc) is 3.15. The van der Waals surface area contributed by atoms with Crippen LogP contribution in [0.5, 0.6) is 0 Å². The molecule has 1 aliphatic heterocycles. The maximum absolute atomic E-state index is 13.3. The Morgan fingerprint density at radius 1 is 1.11 bits per heavy atom. The number of nitrogens with zero attached hydrogens (tertiary/aromatic N) is 5. The summed E-state index contributed by atoms with van der Waals surface area (Å²) in [5.74, 6) is 0.564. The molecule has 1 saturated heterocycles. The van der Waals surface area contributed by atoms with E-state index < -0.39 is 16.9 Å². The molecule has 1 spiro atoms. The zero-order chi connectivity index (χ0) is 25.0. The fraction of sp³-hybridized carbons (Fsp3) is 0.440. The van der Waals surface area contributed by atoms with Crippen LogP contribution in [0.2, 0.25) is 5.02 Å². The summed E-state index contributed by atoms with van der Waals surface area (Å²) in [6.45, 7) is 4.86. The zero-order valence-corrected chi connectivity index (χ0v) is 20.2. The first-order valence-corrected chi connectivity index (χ1v) is 11.9. The fourth-order valence-electron chi connectivity index (χ4n) is 5.32. The van der Waals surface area contributed by atoms with Gasteiger partial charge in [0.25, 0.3) is 0 Å². The highest BCUT2D eigenvalue weighted by Crippen LogP contribution is 2.45. The lowest BCUT2D eigenvalue weighted by molar-refractivity contribution is -0.141. The first-order valence-electron chi connectivity index (χ1n) is 11.5. The van der Waals surface area contributed by atoms with Gasteiger partial charge >= 0.3 is 6.18 Å². The molecule has 1 aliphatic carbocycles. The van der Waals surface area contributed by atoms with Gasteiger partial charge in [0.15, 0.2) is 11.5 Å². The largest absolute Gasteiger partial charge is 0.434 e. The van der Waals surface area contributed by atoms with Crippen molar-refractivity contribution in [1.29, 1.82) is 0 Å². The summed E-state index contributed by atoms with van der Waals surface area (Å²) in [5.41, 5.74) is 3.75. The maximum Gasteiger partial charge on any atom is 0.434 e. The molecule has 3 aromatic heterocycles. The predicted molar refractivity (Wildman–Crippen MR) is 126 cm³/mol. The van der Waals surface area contributed by atoms with E-state index in [9.17, 15) is 18.3 Å². The molecule has 0 amide bonds. The lowest BCUT2D eigenvalue weighted by atomic mass is 9.76. The van der Waals surface area contributed by atoms with E-state index in [1.807, 2.05) is 6.20 Å². The summed E-state index contributed by atoms with van der Waals surface area (Å²) in [7, 11) is 0. The van der Waals surface area contributed by atoms with E-state index in [0.717, 1.165) is 45.0 Å². The van der Waals surface area contributed by atoms with Gasteiger partial charge in [-0.25, -0.2) is 9.97 Å². The summed E-state index contributed by atoms with van der Waals surface area (Å²) in [6.07, 6.45) is 2.19. The highest BCUT2D eigenvalue weighted by molar-refractivity contribution is 6.34. The van der Waals surface area contributed by atoms with Gasteiger partial charge < -0.3 is 10.0 Å². The van der Waals surface area contributed by atoms with Gasteiger partial charge in [0, 0.05) is 36.7 Å². The van der Waals surface area contributed by atoms with Gasteiger partial charge in [0.1, 0.15) is 5.69 Å².